The minimum Gasteiger partial charge on any atom is -0.494 e. The fourth-order valence-corrected chi connectivity index (χ4v) is 4.18. The topological polar surface area (TPSA) is 106 Å². The van der Waals surface area contributed by atoms with Crippen molar-refractivity contribution in [3.05, 3.63) is 64.7 Å². The number of nitrogens with zero attached hydrogens (tertiary/aromatic N) is 3. The van der Waals surface area contributed by atoms with Crippen LogP contribution in [0.4, 0.5) is 5.13 Å². The van der Waals surface area contributed by atoms with Crippen molar-refractivity contribution in [2.45, 2.75) is 6.92 Å². The summed E-state index contributed by atoms with van der Waals surface area (Å²) in [5, 5.41) is 6.10. The first-order valence-electron chi connectivity index (χ1n) is 9.50. The van der Waals surface area contributed by atoms with Crippen LogP contribution in [0, 0.1) is 6.92 Å². The molecule has 0 aliphatic rings. The number of thiazole rings is 1. The molecule has 0 atom stereocenters. The van der Waals surface area contributed by atoms with E-state index in [9.17, 15) is 9.59 Å². The molecule has 1 aromatic carbocycles. The number of methoxy groups -OCH3 is 1. The Labute approximate surface area is 192 Å². The van der Waals surface area contributed by atoms with Crippen molar-refractivity contribution in [2.75, 3.05) is 19.5 Å². The van der Waals surface area contributed by atoms with Gasteiger partial charge in [0.2, 0.25) is 0 Å². The largest absolute Gasteiger partial charge is 0.494 e. The SMILES string of the molecule is CNC(=O)c1ccc2sc(NC(=O)c3cnc(C)cc3-c3cc(Cl)ncc3OC)nc2c1. The lowest BCUT2D eigenvalue weighted by atomic mass is 10.0. The molecular weight excluding hydrogens is 450 g/mol. The molecular formula is C22H18ClN5O3S. The van der Waals surface area contributed by atoms with Gasteiger partial charge in [-0.3, -0.25) is 19.9 Å². The van der Waals surface area contributed by atoms with Gasteiger partial charge in [0, 0.05) is 35.6 Å². The first kappa shape index (κ1) is 21.7. The summed E-state index contributed by atoms with van der Waals surface area (Å²) in [6.45, 7) is 1.83. The molecule has 2 amide bonds. The van der Waals surface area contributed by atoms with E-state index >= 15 is 0 Å². The van der Waals surface area contributed by atoms with E-state index in [1.807, 2.05) is 6.92 Å². The van der Waals surface area contributed by atoms with Crippen molar-refractivity contribution in [3.8, 4) is 16.9 Å². The molecule has 0 aliphatic heterocycles. The van der Waals surface area contributed by atoms with Crippen molar-refractivity contribution >= 4 is 50.1 Å². The number of carbonyl (C=O) groups excluding carboxylic acids is 2. The van der Waals surface area contributed by atoms with Crippen molar-refractivity contribution < 1.29 is 14.3 Å². The number of amides is 2. The van der Waals surface area contributed by atoms with Gasteiger partial charge in [-0.05, 0) is 37.3 Å². The van der Waals surface area contributed by atoms with Crippen LogP contribution in [0.1, 0.15) is 26.4 Å². The van der Waals surface area contributed by atoms with Crippen LogP contribution in [0.3, 0.4) is 0 Å². The Morgan fingerprint density at radius 1 is 1.06 bits per heavy atom. The summed E-state index contributed by atoms with van der Waals surface area (Å²) in [6, 6.07) is 8.63. The van der Waals surface area contributed by atoms with E-state index < -0.39 is 0 Å². The average molecular weight is 468 g/mol. The number of halogens is 1. The van der Waals surface area contributed by atoms with E-state index in [1.54, 1.807) is 37.4 Å². The van der Waals surface area contributed by atoms with Crippen molar-refractivity contribution in [1.82, 2.24) is 20.3 Å². The molecule has 0 saturated heterocycles. The molecule has 8 nitrogen and oxygen atoms in total. The van der Waals surface area contributed by atoms with Crippen molar-refractivity contribution in [1.29, 1.82) is 0 Å². The van der Waals surface area contributed by atoms with Gasteiger partial charge in [0.25, 0.3) is 11.8 Å². The lowest BCUT2D eigenvalue weighted by molar-refractivity contribution is 0.0962. The van der Waals surface area contributed by atoms with Gasteiger partial charge in [0.1, 0.15) is 10.9 Å². The number of ether oxygens (including phenoxy) is 1. The molecule has 0 radical (unpaired) electrons. The third kappa shape index (κ3) is 4.25. The third-order valence-electron chi connectivity index (χ3n) is 4.73. The zero-order chi connectivity index (χ0) is 22.8. The fourth-order valence-electron chi connectivity index (χ4n) is 3.18. The van der Waals surface area contributed by atoms with Gasteiger partial charge >= 0.3 is 0 Å². The maximum absolute atomic E-state index is 13.2. The lowest BCUT2D eigenvalue weighted by Gasteiger charge is -2.13. The highest BCUT2D eigenvalue weighted by atomic mass is 35.5. The minimum atomic E-state index is -0.381. The molecule has 4 rings (SSSR count). The summed E-state index contributed by atoms with van der Waals surface area (Å²) in [5.74, 6) is -0.102. The highest BCUT2D eigenvalue weighted by molar-refractivity contribution is 7.22. The average Bonchev–Trinajstić information content (AvgIpc) is 3.19. The van der Waals surface area contributed by atoms with Crippen LogP contribution in [0.5, 0.6) is 5.75 Å². The number of carbonyl (C=O) groups is 2. The van der Waals surface area contributed by atoms with Gasteiger partial charge in [-0.1, -0.05) is 22.9 Å². The standard InChI is InChI=1S/C22H18ClN5O3S/c1-11-6-13(14-8-19(23)26-10-17(14)31-3)15(9-25-11)21(30)28-22-27-16-7-12(20(29)24-2)4-5-18(16)32-22/h4-10H,1-3H3,(H,24,29)(H,27,28,30). The molecule has 2 N–H and O–H groups in total. The zero-order valence-corrected chi connectivity index (χ0v) is 19.0. The molecule has 0 aliphatic carbocycles. The molecule has 3 heterocycles. The van der Waals surface area contributed by atoms with E-state index in [1.165, 1.54) is 30.8 Å². The Bertz CT molecular complexity index is 1350. The van der Waals surface area contributed by atoms with Gasteiger partial charge in [0.15, 0.2) is 5.13 Å². The second-order valence-corrected chi connectivity index (χ2v) is 8.23. The van der Waals surface area contributed by atoms with Crippen LogP contribution in [0.25, 0.3) is 21.3 Å². The van der Waals surface area contributed by atoms with Crippen LogP contribution >= 0.6 is 22.9 Å². The highest BCUT2D eigenvalue weighted by Gasteiger charge is 2.19. The smallest absolute Gasteiger partial charge is 0.259 e. The van der Waals surface area contributed by atoms with Crippen LogP contribution in [0.2, 0.25) is 5.15 Å². The number of pyridine rings is 2. The normalized spacial score (nSPS) is 10.8. The predicted molar refractivity (Wildman–Crippen MR) is 125 cm³/mol. The number of benzene rings is 1. The number of anilines is 1. The highest BCUT2D eigenvalue weighted by Crippen LogP contribution is 2.34. The Morgan fingerprint density at radius 3 is 2.62 bits per heavy atom. The van der Waals surface area contributed by atoms with Gasteiger partial charge < -0.3 is 10.1 Å². The molecule has 162 valence electrons. The number of aryl methyl sites for hydroxylation is 1. The number of hydrogen-bond donors (Lipinski definition) is 2. The molecule has 0 spiro atoms. The molecule has 0 fully saturated rings. The molecule has 3 aromatic heterocycles. The summed E-state index contributed by atoms with van der Waals surface area (Å²) >= 11 is 7.41. The fraction of sp³-hybridized carbons (Fsp3) is 0.136. The summed E-state index contributed by atoms with van der Waals surface area (Å²) in [5.41, 5.74) is 3.42. The predicted octanol–water partition coefficient (Wildman–Crippen LogP) is 4.34. The van der Waals surface area contributed by atoms with Gasteiger partial charge in [-0.2, -0.15) is 0 Å². The maximum atomic E-state index is 13.2. The number of rotatable bonds is 5. The summed E-state index contributed by atoms with van der Waals surface area (Å²) in [6.07, 6.45) is 3.01. The van der Waals surface area contributed by atoms with Gasteiger partial charge in [-0.25, -0.2) is 9.97 Å². The van der Waals surface area contributed by atoms with Crippen molar-refractivity contribution in [2.24, 2.45) is 0 Å². The van der Waals surface area contributed by atoms with Crippen LogP contribution in [-0.2, 0) is 0 Å². The van der Waals surface area contributed by atoms with E-state index in [4.69, 9.17) is 16.3 Å². The number of fused-ring (bicyclic) bond motifs is 1. The second-order valence-electron chi connectivity index (χ2n) is 6.81. The summed E-state index contributed by atoms with van der Waals surface area (Å²) < 4.78 is 6.26. The number of aromatic nitrogens is 3. The Balaban J connectivity index is 1.70. The summed E-state index contributed by atoms with van der Waals surface area (Å²) in [7, 11) is 3.09. The first-order chi connectivity index (χ1) is 15.4. The van der Waals surface area contributed by atoms with Crippen molar-refractivity contribution in [3.63, 3.8) is 0 Å². The van der Waals surface area contributed by atoms with Crippen LogP contribution in [-0.4, -0.2) is 40.9 Å². The van der Waals surface area contributed by atoms with E-state index in [0.29, 0.717) is 38.7 Å². The lowest BCUT2D eigenvalue weighted by Crippen LogP contribution is -2.17. The third-order valence-corrected chi connectivity index (χ3v) is 5.89. The number of hydrogen-bond acceptors (Lipinski definition) is 7. The quantitative estimate of drug-likeness (QED) is 0.423. The molecule has 0 saturated carbocycles. The summed E-state index contributed by atoms with van der Waals surface area (Å²) in [4.78, 5) is 37.8. The molecule has 4 aromatic rings. The Kier molecular flexibility index (Phi) is 6.02. The number of nitrogens with one attached hydrogen (secondary N) is 2. The monoisotopic (exact) mass is 467 g/mol. The maximum Gasteiger partial charge on any atom is 0.259 e. The van der Waals surface area contributed by atoms with Crippen LogP contribution in [0.15, 0.2) is 42.7 Å². The molecule has 10 heteroatoms. The minimum absolute atomic E-state index is 0.203. The van der Waals surface area contributed by atoms with Gasteiger partial charge in [-0.15, -0.1) is 0 Å². The Hall–Kier alpha value is -3.56. The molecule has 0 unspecified atom stereocenters. The first-order valence-corrected chi connectivity index (χ1v) is 10.7. The van der Waals surface area contributed by atoms with E-state index in [0.717, 1.165) is 10.4 Å². The van der Waals surface area contributed by atoms with E-state index in [2.05, 4.69) is 25.6 Å². The van der Waals surface area contributed by atoms with Gasteiger partial charge in [0.05, 0.1) is 29.1 Å². The van der Waals surface area contributed by atoms with Crippen LogP contribution < -0.4 is 15.4 Å². The Morgan fingerprint density at radius 2 is 1.88 bits per heavy atom. The molecule has 32 heavy (non-hydrogen) atoms. The molecule has 0 bridgehead atoms. The van der Waals surface area contributed by atoms with E-state index in [-0.39, 0.29) is 17.0 Å². The second kappa shape index (κ2) is 8.89. The zero-order valence-electron chi connectivity index (χ0n) is 17.4.